The minimum Gasteiger partial charge on any atom is -0.493 e. The van der Waals surface area contributed by atoms with Crippen LogP contribution in [0.1, 0.15) is 12.0 Å². The molecule has 0 aliphatic heterocycles. The fourth-order valence-corrected chi connectivity index (χ4v) is 2.91. The third-order valence-electron chi connectivity index (χ3n) is 4.63. The van der Waals surface area contributed by atoms with E-state index < -0.39 is 0 Å². The molecule has 0 aliphatic rings. The highest BCUT2D eigenvalue weighted by atomic mass is 16.5. The molecule has 158 valence electrons. The highest BCUT2D eigenvalue weighted by molar-refractivity contribution is 5.93. The topological polar surface area (TPSA) is 58.1 Å². The van der Waals surface area contributed by atoms with Crippen LogP contribution in [0, 0.1) is 0 Å². The number of guanidine groups is 1. The molecule has 0 aromatic heterocycles. The van der Waals surface area contributed by atoms with Gasteiger partial charge in [0.1, 0.15) is 5.75 Å². The maximum atomic E-state index is 5.77. The van der Waals surface area contributed by atoms with E-state index in [1.54, 1.807) is 14.2 Å². The average molecular weight is 399 g/mol. The maximum Gasteiger partial charge on any atom is 0.195 e. The van der Waals surface area contributed by atoms with Crippen LogP contribution in [-0.2, 0) is 11.2 Å². The third kappa shape index (κ3) is 8.54. The molecule has 6 heteroatoms. The third-order valence-corrected chi connectivity index (χ3v) is 4.63. The lowest BCUT2D eigenvalue weighted by Crippen LogP contribution is -2.43. The van der Waals surface area contributed by atoms with Gasteiger partial charge in [-0.15, -0.1) is 0 Å². The van der Waals surface area contributed by atoms with Gasteiger partial charge in [-0.05, 0) is 38.2 Å². The van der Waals surface area contributed by atoms with E-state index in [2.05, 4.69) is 58.9 Å². The monoisotopic (exact) mass is 398 g/mol. The number of hydrogen-bond donors (Lipinski definition) is 2. The van der Waals surface area contributed by atoms with Gasteiger partial charge >= 0.3 is 0 Å². The van der Waals surface area contributed by atoms with Crippen molar-refractivity contribution in [2.24, 2.45) is 4.99 Å². The molecule has 0 fully saturated rings. The molecule has 2 aromatic rings. The SMILES string of the molecule is CN=C(NCC(Cc1ccccc1)N(C)C)Nc1cccc(OCCCOC)c1. The normalized spacial score (nSPS) is 12.7. The van der Waals surface area contributed by atoms with Crippen molar-refractivity contribution < 1.29 is 9.47 Å². The van der Waals surface area contributed by atoms with Gasteiger partial charge in [-0.1, -0.05) is 36.4 Å². The maximum absolute atomic E-state index is 5.77. The standard InChI is InChI=1S/C23H34N4O2/c1-24-23(25-18-21(27(2)3)16-19-10-6-5-7-11-19)26-20-12-8-13-22(17-20)29-15-9-14-28-4/h5-8,10-13,17,21H,9,14-16,18H2,1-4H3,(H2,24,25,26). The number of methoxy groups -OCH3 is 1. The van der Waals surface area contributed by atoms with Crippen LogP contribution in [0.25, 0.3) is 0 Å². The summed E-state index contributed by atoms with van der Waals surface area (Å²) in [4.78, 5) is 6.59. The van der Waals surface area contributed by atoms with Crippen molar-refractivity contribution in [3.05, 3.63) is 60.2 Å². The van der Waals surface area contributed by atoms with Crippen molar-refractivity contribution in [2.45, 2.75) is 18.9 Å². The quantitative estimate of drug-likeness (QED) is 0.346. The number of likely N-dealkylation sites (N-methyl/N-ethyl adjacent to an activating group) is 1. The zero-order chi connectivity index (χ0) is 20.9. The average Bonchev–Trinajstić information content (AvgIpc) is 2.74. The van der Waals surface area contributed by atoms with Crippen molar-refractivity contribution in [3.63, 3.8) is 0 Å². The molecule has 2 N–H and O–H groups in total. The van der Waals surface area contributed by atoms with Crippen LogP contribution in [0.15, 0.2) is 59.6 Å². The van der Waals surface area contributed by atoms with Gasteiger partial charge < -0.3 is 25.0 Å². The molecular formula is C23H34N4O2. The van der Waals surface area contributed by atoms with Crippen molar-refractivity contribution in [2.75, 3.05) is 53.3 Å². The van der Waals surface area contributed by atoms with E-state index in [0.29, 0.717) is 19.3 Å². The smallest absolute Gasteiger partial charge is 0.195 e. The Kier molecular flexibility index (Phi) is 10.0. The minimum absolute atomic E-state index is 0.353. The summed E-state index contributed by atoms with van der Waals surface area (Å²) in [5, 5.41) is 6.78. The van der Waals surface area contributed by atoms with Gasteiger partial charge in [0.05, 0.1) is 6.61 Å². The Labute approximate surface area is 174 Å². The molecule has 2 rings (SSSR count). The second kappa shape index (κ2) is 12.8. The summed E-state index contributed by atoms with van der Waals surface area (Å²) in [7, 11) is 7.69. The Balaban J connectivity index is 1.89. The van der Waals surface area contributed by atoms with Gasteiger partial charge in [0.25, 0.3) is 0 Å². The first-order valence-electron chi connectivity index (χ1n) is 10.0. The second-order valence-corrected chi connectivity index (χ2v) is 7.11. The van der Waals surface area contributed by atoms with Crippen LogP contribution in [0.4, 0.5) is 5.69 Å². The van der Waals surface area contributed by atoms with E-state index in [4.69, 9.17) is 9.47 Å². The Morgan fingerprint density at radius 2 is 1.86 bits per heavy atom. The summed E-state index contributed by atoms with van der Waals surface area (Å²) in [6.07, 6.45) is 1.84. The number of nitrogens with one attached hydrogen (secondary N) is 2. The van der Waals surface area contributed by atoms with Gasteiger partial charge in [0.2, 0.25) is 0 Å². The van der Waals surface area contributed by atoms with Gasteiger partial charge in [-0.25, -0.2) is 0 Å². The molecule has 0 saturated carbocycles. The van der Waals surface area contributed by atoms with Crippen LogP contribution in [0.2, 0.25) is 0 Å². The lowest BCUT2D eigenvalue weighted by atomic mass is 10.1. The van der Waals surface area contributed by atoms with Crippen molar-refractivity contribution >= 4 is 11.6 Å². The molecule has 0 saturated heterocycles. The number of aliphatic imine (C=N–C) groups is 1. The number of rotatable bonds is 11. The summed E-state index contributed by atoms with van der Waals surface area (Å²) in [6, 6.07) is 18.8. The minimum atomic E-state index is 0.353. The van der Waals surface area contributed by atoms with Gasteiger partial charge in [0.15, 0.2) is 5.96 Å². The lowest BCUT2D eigenvalue weighted by Gasteiger charge is -2.25. The largest absolute Gasteiger partial charge is 0.493 e. The van der Waals surface area contributed by atoms with E-state index in [9.17, 15) is 0 Å². The molecule has 1 unspecified atom stereocenters. The summed E-state index contributed by atoms with van der Waals surface area (Å²) in [6.45, 7) is 2.12. The Hall–Kier alpha value is -2.57. The number of nitrogens with zero attached hydrogens (tertiary/aromatic N) is 2. The predicted octanol–water partition coefficient (Wildman–Crippen LogP) is 3.26. The van der Waals surface area contributed by atoms with E-state index >= 15 is 0 Å². The first kappa shape index (κ1) is 22.7. The van der Waals surface area contributed by atoms with Crippen LogP contribution in [0.3, 0.4) is 0 Å². The van der Waals surface area contributed by atoms with Crippen LogP contribution < -0.4 is 15.4 Å². The van der Waals surface area contributed by atoms with E-state index in [0.717, 1.165) is 36.8 Å². The number of ether oxygens (including phenoxy) is 2. The Morgan fingerprint density at radius 1 is 1.07 bits per heavy atom. The molecule has 0 radical (unpaired) electrons. The summed E-state index contributed by atoms with van der Waals surface area (Å²) in [5.74, 6) is 1.57. The number of hydrogen-bond acceptors (Lipinski definition) is 4. The summed E-state index contributed by atoms with van der Waals surface area (Å²) in [5.41, 5.74) is 2.26. The molecular weight excluding hydrogens is 364 g/mol. The van der Waals surface area contributed by atoms with Crippen molar-refractivity contribution in [1.82, 2.24) is 10.2 Å². The molecule has 6 nitrogen and oxygen atoms in total. The highest BCUT2D eigenvalue weighted by Gasteiger charge is 2.13. The highest BCUT2D eigenvalue weighted by Crippen LogP contribution is 2.17. The zero-order valence-corrected chi connectivity index (χ0v) is 18.0. The molecule has 0 bridgehead atoms. The summed E-state index contributed by atoms with van der Waals surface area (Å²) < 4.78 is 10.8. The number of benzene rings is 2. The van der Waals surface area contributed by atoms with Crippen LogP contribution in [-0.4, -0.2) is 64.9 Å². The molecule has 2 aromatic carbocycles. The predicted molar refractivity (Wildman–Crippen MR) is 121 cm³/mol. The molecule has 0 heterocycles. The Bertz CT molecular complexity index is 735. The van der Waals surface area contributed by atoms with Gasteiger partial charge in [0, 0.05) is 51.5 Å². The fraction of sp³-hybridized carbons (Fsp3) is 0.435. The first-order valence-corrected chi connectivity index (χ1v) is 10.0. The molecule has 0 aliphatic carbocycles. The number of anilines is 1. The van der Waals surface area contributed by atoms with E-state index in [1.807, 2.05) is 30.3 Å². The molecule has 1 atom stereocenters. The van der Waals surface area contributed by atoms with Gasteiger partial charge in [-0.3, -0.25) is 4.99 Å². The van der Waals surface area contributed by atoms with Crippen LogP contribution >= 0.6 is 0 Å². The molecule has 0 spiro atoms. The van der Waals surface area contributed by atoms with E-state index in [1.165, 1.54) is 5.56 Å². The van der Waals surface area contributed by atoms with E-state index in [-0.39, 0.29) is 0 Å². The molecule has 29 heavy (non-hydrogen) atoms. The second-order valence-electron chi connectivity index (χ2n) is 7.11. The van der Waals surface area contributed by atoms with Crippen molar-refractivity contribution in [1.29, 1.82) is 0 Å². The van der Waals surface area contributed by atoms with Gasteiger partial charge in [-0.2, -0.15) is 0 Å². The lowest BCUT2D eigenvalue weighted by molar-refractivity contribution is 0.172. The van der Waals surface area contributed by atoms with Crippen LogP contribution in [0.5, 0.6) is 5.75 Å². The zero-order valence-electron chi connectivity index (χ0n) is 18.0. The fourth-order valence-electron chi connectivity index (χ4n) is 2.91. The first-order chi connectivity index (χ1) is 14.1. The Morgan fingerprint density at radius 3 is 2.55 bits per heavy atom. The summed E-state index contributed by atoms with van der Waals surface area (Å²) >= 11 is 0. The molecule has 0 amide bonds. The van der Waals surface area contributed by atoms with Crippen molar-refractivity contribution in [3.8, 4) is 5.75 Å².